The lowest BCUT2D eigenvalue weighted by molar-refractivity contribution is -0.0282. The van der Waals surface area contributed by atoms with Crippen LogP contribution >= 0.6 is 0 Å². The zero-order valence-corrected chi connectivity index (χ0v) is 45.5. The summed E-state index contributed by atoms with van der Waals surface area (Å²) in [5.74, 6) is 1.71. The maximum Gasteiger partial charge on any atom is 0.122 e. The van der Waals surface area contributed by atoms with E-state index in [1.807, 2.05) is 38.1 Å². The number of aromatic hydroxyl groups is 6. The second-order valence-electron chi connectivity index (χ2n) is 27.0. The highest BCUT2D eigenvalue weighted by Gasteiger charge is 2.59. The van der Waals surface area contributed by atoms with Crippen molar-refractivity contribution in [1.29, 1.82) is 0 Å². The minimum Gasteiger partial charge on any atom is -0.508 e. The molecule has 0 spiro atoms. The van der Waals surface area contributed by atoms with Crippen molar-refractivity contribution in [3.05, 3.63) is 175 Å². The van der Waals surface area contributed by atoms with Crippen LogP contribution in [0.4, 0.5) is 0 Å². The van der Waals surface area contributed by atoms with E-state index in [0.717, 1.165) is 98.9 Å². The Morgan fingerprint density at radius 2 is 0.653 bits per heavy atom. The van der Waals surface area contributed by atoms with Crippen LogP contribution < -0.4 is 0 Å². The highest BCUT2D eigenvalue weighted by molar-refractivity contribution is 5.60. The van der Waals surface area contributed by atoms with Crippen molar-refractivity contribution in [3.8, 4) is 34.5 Å². The van der Waals surface area contributed by atoms with Crippen LogP contribution in [0.1, 0.15) is 211 Å². The van der Waals surface area contributed by atoms with Crippen molar-refractivity contribution in [1.82, 2.24) is 0 Å². The fourth-order valence-electron chi connectivity index (χ4n) is 14.0. The van der Waals surface area contributed by atoms with Crippen LogP contribution in [0.5, 0.6) is 34.5 Å². The van der Waals surface area contributed by atoms with E-state index < -0.39 is 11.8 Å². The predicted molar refractivity (Wildman–Crippen MR) is 293 cm³/mol. The average molecular weight is 969 g/mol. The standard InChI is InChI=1S/C66H80O6/c1-37-23-45(30-47(59(37)71)57(41-15-19-53(67)49(26-41)61(3,4)5)42-16-20-54(68)50(27-42)62(6,7)8)65-32-39-25-40(33-65)35-66(34-39,36-65)46-24-38(2)60(72)48(31-46)58(43-17-21-55(69)51(28-43)63(9,10)11)44-18-22-56(70)52(29-44)64(12,13)14/h15-24,26-31,39-40,57-58,67-72H,25,32-36H2,1-14H3. The van der Waals surface area contributed by atoms with Gasteiger partial charge in [0.15, 0.2) is 0 Å². The fourth-order valence-corrected chi connectivity index (χ4v) is 14.0. The highest BCUT2D eigenvalue weighted by atomic mass is 16.3. The van der Waals surface area contributed by atoms with Gasteiger partial charge in [0.2, 0.25) is 0 Å². The zero-order valence-electron chi connectivity index (χ0n) is 45.5. The van der Waals surface area contributed by atoms with Crippen molar-refractivity contribution in [2.45, 2.75) is 180 Å². The molecule has 0 atom stereocenters. The van der Waals surface area contributed by atoms with Crippen molar-refractivity contribution in [2.75, 3.05) is 0 Å². The van der Waals surface area contributed by atoms with Crippen molar-refractivity contribution in [2.24, 2.45) is 11.8 Å². The lowest BCUT2D eigenvalue weighted by Gasteiger charge is -2.63. The summed E-state index contributed by atoms with van der Waals surface area (Å²) in [6.45, 7) is 29.3. The molecule has 6 N–H and O–H groups in total. The van der Waals surface area contributed by atoms with E-state index in [4.69, 9.17) is 0 Å². The number of phenolic OH excluding ortho intramolecular Hbond substituents is 6. The van der Waals surface area contributed by atoms with Gasteiger partial charge in [0.05, 0.1) is 0 Å². The Bertz CT molecular complexity index is 2740. The number of benzene rings is 6. The molecule has 6 aromatic carbocycles. The Balaban J connectivity index is 1.22. The van der Waals surface area contributed by atoms with Crippen LogP contribution in [-0.2, 0) is 32.5 Å². The largest absolute Gasteiger partial charge is 0.508 e. The summed E-state index contributed by atoms with van der Waals surface area (Å²) in [7, 11) is 0. The van der Waals surface area contributed by atoms with Gasteiger partial charge in [-0.25, -0.2) is 0 Å². The summed E-state index contributed by atoms with van der Waals surface area (Å²) < 4.78 is 0. The maximum atomic E-state index is 12.4. The lowest BCUT2D eigenvalue weighted by Crippen LogP contribution is -2.56. The molecule has 4 aliphatic carbocycles. The fraction of sp³-hybridized carbons (Fsp3) is 0.455. The molecule has 4 aliphatic rings. The summed E-state index contributed by atoms with van der Waals surface area (Å²) in [5, 5.41) is 69.7. The topological polar surface area (TPSA) is 121 Å². The third-order valence-corrected chi connectivity index (χ3v) is 17.2. The number of hydrogen-bond donors (Lipinski definition) is 6. The first-order valence-electron chi connectivity index (χ1n) is 26.4. The Morgan fingerprint density at radius 1 is 0.389 bits per heavy atom. The molecule has 0 amide bonds. The monoisotopic (exact) mass is 969 g/mol. The number of aryl methyl sites for hydroxylation is 2. The Labute approximate surface area is 429 Å². The molecule has 6 aromatic rings. The van der Waals surface area contributed by atoms with Gasteiger partial charge in [0.1, 0.15) is 34.5 Å². The Kier molecular flexibility index (Phi) is 12.3. The van der Waals surface area contributed by atoms with Crippen molar-refractivity contribution >= 4 is 0 Å². The lowest BCUT2D eigenvalue weighted by atomic mass is 9.41. The molecule has 0 saturated heterocycles. The quantitative estimate of drug-likeness (QED) is 0.0845. The van der Waals surface area contributed by atoms with Gasteiger partial charge in [0, 0.05) is 23.0 Å². The predicted octanol–water partition coefficient (Wildman–Crippen LogP) is 15.9. The van der Waals surface area contributed by atoms with Gasteiger partial charge >= 0.3 is 0 Å². The third-order valence-electron chi connectivity index (χ3n) is 17.2. The molecule has 72 heavy (non-hydrogen) atoms. The van der Waals surface area contributed by atoms with Gasteiger partial charge in [0.25, 0.3) is 0 Å². The number of rotatable bonds is 8. The smallest absolute Gasteiger partial charge is 0.122 e. The van der Waals surface area contributed by atoms with Gasteiger partial charge < -0.3 is 30.6 Å². The number of phenols is 6. The molecule has 0 heterocycles. The van der Waals surface area contributed by atoms with Gasteiger partial charge in [-0.1, -0.05) is 156 Å². The van der Waals surface area contributed by atoms with E-state index >= 15 is 0 Å². The van der Waals surface area contributed by atoms with E-state index in [9.17, 15) is 30.6 Å². The first kappa shape index (κ1) is 51.0. The SMILES string of the molecule is Cc1cc(C23CC4CC(C2)CC(c2cc(C)c(O)c(C(c5ccc(O)c(C(C)(C)C)c5)c5ccc(O)c(C(C)(C)C)c5)c2)(C4)C3)cc(C(c2ccc(O)c(C(C)(C)C)c2)c2ccc(O)c(C(C)(C)C)c2)c1O. The molecule has 6 heteroatoms. The molecule has 10 rings (SSSR count). The first-order valence-corrected chi connectivity index (χ1v) is 26.4. The summed E-state index contributed by atoms with van der Waals surface area (Å²) in [4.78, 5) is 0. The third kappa shape index (κ3) is 9.04. The summed E-state index contributed by atoms with van der Waals surface area (Å²) >= 11 is 0. The molecule has 0 unspecified atom stereocenters. The van der Waals surface area contributed by atoms with Crippen LogP contribution in [0, 0.1) is 25.7 Å². The van der Waals surface area contributed by atoms with E-state index in [2.05, 4.69) is 132 Å². The zero-order chi connectivity index (χ0) is 52.4. The second-order valence-corrected chi connectivity index (χ2v) is 27.0. The molecular formula is C66H80O6. The van der Waals surface area contributed by atoms with E-state index in [0.29, 0.717) is 11.8 Å². The molecule has 6 nitrogen and oxygen atoms in total. The van der Waals surface area contributed by atoms with Crippen LogP contribution in [-0.4, -0.2) is 30.6 Å². The molecule has 380 valence electrons. The molecule has 4 bridgehead atoms. The molecule has 0 radical (unpaired) electrons. The normalized spacial score (nSPS) is 21.3. The van der Waals surface area contributed by atoms with Crippen LogP contribution in [0.3, 0.4) is 0 Å². The summed E-state index contributed by atoms with van der Waals surface area (Å²) in [6.07, 6.45) is 6.41. The van der Waals surface area contributed by atoms with Crippen LogP contribution in [0.25, 0.3) is 0 Å². The van der Waals surface area contributed by atoms with E-state index in [1.165, 1.54) is 17.5 Å². The van der Waals surface area contributed by atoms with Gasteiger partial charge in [-0.2, -0.15) is 0 Å². The van der Waals surface area contributed by atoms with Gasteiger partial charge in [-0.05, 0) is 188 Å². The average Bonchev–Trinajstić information content (AvgIpc) is 3.26. The number of hydrogen-bond acceptors (Lipinski definition) is 6. The second kappa shape index (κ2) is 17.4. The Hall–Kier alpha value is -5.88. The minimum absolute atomic E-state index is 0.165. The molecule has 4 fully saturated rings. The van der Waals surface area contributed by atoms with E-state index in [-0.39, 0.29) is 67.0 Å². The molecule has 4 saturated carbocycles. The van der Waals surface area contributed by atoms with Gasteiger partial charge in [-0.3, -0.25) is 0 Å². The first-order chi connectivity index (χ1) is 33.4. The van der Waals surface area contributed by atoms with Crippen LogP contribution in [0.2, 0.25) is 0 Å². The summed E-state index contributed by atoms with van der Waals surface area (Å²) in [6, 6.07) is 32.7. The highest BCUT2D eigenvalue weighted by Crippen LogP contribution is 2.67. The maximum absolute atomic E-state index is 12.4. The Morgan fingerprint density at radius 3 is 0.903 bits per heavy atom. The van der Waals surface area contributed by atoms with Crippen LogP contribution in [0.15, 0.2) is 97.1 Å². The molecule has 0 aromatic heterocycles. The van der Waals surface area contributed by atoms with Crippen molar-refractivity contribution < 1.29 is 30.6 Å². The van der Waals surface area contributed by atoms with E-state index in [1.54, 1.807) is 24.3 Å². The summed E-state index contributed by atoms with van der Waals surface area (Å²) in [5.41, 5.74) is 11.3. The van der Waals surface area contributed by atoms with Crippen molar-refractivity contribution in [3.63, 3.8) is 0 Å². The minimum atomic E-state index is -0.397. The molecular weight excluding hydrogens is 889 g/mol. The van der Waals surface area contributed by atoms with Gasteiger partial charge in [-0.15, -0.1) is 0 Å². The molecule has 0 aliphatic heterocycles.